The summed E-state index contributed by atoms with van der Waals surface area (Å²) in [6.07, 6.45) is 8.61. The van der Waals surface area contributed by atoms with Crippen molar-refractivity contribution in [3.05, 3.63) is 94.3 Å². The molecule has 1 heterocycles. The van der Waals surface area contributed by atoms with E-state index in [1.807, 2.05) is 36.4 Å². The highest BCUT2D eigenvalue weighted by Crippen LogP contribution is 2.30. The van der Waals surface area contributed by atoms with Crippen molar-refractivity contribution in [2.75, 3.05) is 0 Å². The van der Waals surface area contributed by atoms with E-state index in [1.165, 1.54) is 24.8 Å². The molecule has 0 radical (unpaired) electrons. The number of hydrogen-bond donors (Lipinski definition) is 0. The topological polar surface area (TPSA) is 30.2 Å². The van der Waals surface area contributed by atoms with Crippen LogP contribution in [0.2, 0.25) is 0 Å². The van der Waals surface area contributed by atoms with Crippen LogP contribution < -0.4 is 5.63 Å². The Morgan fingerprint density at radius 3 is 2.03 bits per heavy atom. The summed E-state index contributed by atoms with van der Waals surface area (Å²) in [5.74, 6) is 0.118. The summed E-state index contributed by atoms with van der Waals surface area (Å²) in [6.45, 7) is 4.36. The highest BCUT2D eigenvalue weighted by molar-refractivity contribution is 5.87. The second-order valence-corrected chi connectivity index (χ2v) is 9.08. The van der Waals surface area contributed by atoms with Crippen LogP contribution in [0.25, 0.3) is 33.0 Å². The van der Waals surface area contributed by atoms with Crippen molar-refractivity contribution >= 4 is 10.8 Å². The zero-order chi connectivity index (χ0) is 23.9. The van der Waals surface area contributed by atoms with Crippen molar-refractivity contribution in [1.29, 1.82) is 0 Å². The molecule has 0 N–H and O–H groups in total. The van der Waals surface area contributed by atoms with Crippen molar-refractivity contribution in [2.24, 2.45) is 0 Å². The Kier molecular flexibility index (Phi) is 7.95. The highest BCUT2D eigenvalue weighted by atomic mass is 19.1. The van der Waals surface area contributed by atoms with Crippen LogP contribution in [0.3, 0.4) is 0 Å². The van der Waals surface area contributed by atoms with E-state index in [-0.39, 0.29) is 5.39 Å². The second kappa shape index (κ2) is 11.3. The number of unbranched alkanes of at least 4 members (excludes halogenated alkanes) is 4. The van der Waals surface area contributed by atoms with Gasteiger partial charge in [0.25, 0.3) is 0 Å². The zero-order valence-electron chi connectivity index (χ0n) is 20.2. The first-order chi connectivity index (χ1) is 16.6. The summed E-state index contributed by atoms with van der Waals surface area (Å²) >= 11 is 0. The van der Waals surface area contributed by atoms with Gasteiger partial charge in [-0.15, -0.1) is 0 Å². The van der Waals surface area contributed by atoms with Crippen LogP contribution in [0, 0.1) is 5.82 Å². The van der Waals surface area contributed by atoms with Crippen LogP contribution in [-0.4, -0.2) is 0 Å². The molecule has 0 aliphatic heterocycles. The van der Waals surface area contributed by atoms with Gasteiger partial charge in [0, 0.05) is 12.0 Å². The standard InChI is InChI=1S/C31H33FO2/c1-3-5-6-7-8-10-27-21-26-19-20-28(30(32)29(26)31(33)34-27)25-17-15-24(16-18-25)23-13-11-22(9-4-2)12-14-23/h11-21H,3-10H2,1-2H3. The monoisotopic (exact) mass is 456 g/mol. The fourth-order valence-corrected chi connectivity index (χ4v) is 4.54. The van der Waals surface area contributed by atoms with Gasteiger partial charge in [0.1, 0.15) is 17.0 Å². The Morgan fingerprint density at radius 2 is 1.35 bits per heavy atom. The number of aryl methyl sites for hydroxylation is 2. The quantitative estimate of drug-likeness (QED) is 0.223. The molecule has 3 heteroatoms. The molecule has 0 unspecified atom stereocenters. The molecule has 0 saturated carbocycles. The van der Waals surface area contributed by atoms with E-state index in [1.54, 1.807) is 6.07 Å². The fourth-order valence-electron chi connectivity index (χ4n) is 4.54. The van der Waals surface area contributed by atoms with Gasteiger partial charge in [0.2, 0.25) is 0 Å². The van der Waals surface area contributed by atoms with Gasteiger partial charge >= 0.3 is 5.63 Å². The summed E-state index contributed by atoms with van der Waals surface area (Å²) in [6, 6.07) is 21.8. The molecule has 34 heavy (non-hydrogen) atoms. The van der Waals surface area contributed by atoms with Gasteiger partial charge in [0.05, 0.1) is 0 Å². The molecule has 0 bridgehead atoms. The van der Waals surface area contributed by atoms with E-state index in [0.717, 1.165) is 42.4 Å². The molecular formula is C31H33FO2. The third-order valence-corrected chi connectivity index (χ3v) is 6.47. The van der Waals surface area contributed by atoms with Gasteiger partial charge in [-0.3, -0.25) is 0 Å². The molecule has 1 aromatic heterocycles. The summed E-state index contributed by atoms with van der Waals surface area (Å²) in [7, 11) is 0. The van der Waals surface area contributed by atoms with Gasteiger partial charge in [-0.1, -0.05) is 107 Å². The van der Waals surface area contributed by atoms with Crippen molar-refractivity contribution in [1.82, 2.24) is 0 Å². The van der Waals surface area contributed by atoms with Crippen molar-refractivity contribution in [3.8, 4) is 22.3 Å². The molecular weight excluding hydrogens is 423 g/mol. The van der Waals surface area contributed by atoms with Gasteiger partial charge in [-0.25, -0.2) is 9.18 Å². The van der Waals surface area contributed by atoms with E-state index in [0.29, 0.717) is 23.1 Å². The third-order valence-electron chi connectivity index (χ3n) is 6.47. The Balaban J connectivity index is 1.56. The lowest BCUT2D eigenvalue weighted by atomic mass is 9.97. The van der Waals surface area contributed by atoms with Crippen LogP contribution in [0.4, 0.5) is 4.39 Å². The first kappa shape index (κ1) is 23.9. The van der Waals surface area contributed by atoms with E-state index < -0.39 is 11.4 Å². The second-order valence-electron chi connectivity index (χ2n) is 9.08. The molecule has 3 aromatic carbocycles. The predicted octanol–water partition coefficient (Wildman–Crippen LogP) is 8.73. The van der Waals surface area contributed by atoms with E-state index in [2.05, 4.69) is 38.1 Å². The van der Waals surface area contributed by atoms with Gasteiger partial charge in [0.15, 0.2) is 0 Å². The smallest absolute Gasteiger partial charge is 0.346 e. The molecule has 0 aliphatic carbocycles. The molecule has 4 rings (SSSR count). The Hall–Kier alpha value is -3.20. The minimum Gasteiger partial charge on any atom is -0.427 e. The minimum atomic E-state index is -0.593. The number of hydrogen-bond acceptors (Lipinski definition) is 2. The van der Waals surface area contributed by atoms with Crippen LogP contribution in [0.1, 0.15) is 63.7 Å². The van der Waals surface area contributed by atoms with Crippen LogP contribution in [0.15, 0.2) is 75.9 Å². The first-order valence-corrected chi connectivity index (χ1v) is 12.6. The number of benzene rings is 3. The van der Waals surface area contributed by atoms with Crippen LogP contribution >= 0.6 is 0 Å². The molecule has 0 aliphatic rings. The minimum absolute atomic E-state index is 0.0304. The Bertz CT molecular complexity index is 1280. The molecule has 0 saturated heterocycles. The van der Waals surface area contributed by atoms with E-state index >= 15 is 4.39 Å². The lowest BCUT2D eigenvalue weighted by Gasteiger charge is -2.09. The molecule has 0 amide bonds. The zero-order valence-corrected chi connectivity index (χ0v) is 20.2. The lowest BCUT2D eigenvalue weighted by molar-refractivity contribution is 0.453. The van der Waals surface area contributed by atoms with Crippen LogP contribution in [-0.2, 0) is 12.8 Å². The first-order valence-electron chi connectivity index (χ1n) is 12.6. The van der Waals surface area contributed by atoms with Crippen molar-refractivity contribution < 1.29 is 8.81 Å². The summed E-state index contributed by atoms with van der Waals surface area (Å²) in [4.78, 5) is 12.6. The fraction of sp³-hybridized carbons (Fsp3) is 0.323. The highest BCUT2D eigenvalue weighted by Gasteiger charge is 2.15. The average molecular weight is 457 g/mol. The number of rotatable bonds is 10. The maximum absolute atomic E-state index is 15.4. The van der Waals surface area contributed by atoms with E-state index in [4.69, 9.17) is 4.42 Å². The summed E-state index contributed by atoms with van der Waals surface area (Å²) in [5.41, 5.74) is 4.11. The van der Waals surface area contributed by atoms with Gasteiger partial charge in [-0.2, -0.15) is 0 Å². The molecule has 0 atom stereocenters. The largest absolute Gasteiger partial charge is 0.427 e. The maximum Gasteiger partial charge on any atom is 0.346 e. The summed E-state index contributed by atoms with van der Waals surface area (Å²) < 4.78 is 20.9. The number of fused-ring (bicyclic) bond motifs is 1. The molecule has 176 valence electrons. The van der Waals surface area contributed by atoms with Crippen molar-refractivity contribution in [2.45, 2.75) is 65.2 Å². The molecule has 2 nitrogen and oxygen atoms in total. The molecule has 0 spiro atoms. The van der Waals surface area contributed by atoms with Crippen molar-refractivity contribution in [3.63, 3.8) is 0 Å². The Morgan fingerprint density at radius 1 is 0.706 bits per heavy atom. The van der Waals surface area contributed by atoms with Gasteiger partial charge in [-0.05, 0) is 46.5 Å². The predicted molar refractivity (Wildman–Crippen MR) is 140 cm³/mol. The maximum atomic E-state index is 15.4. The van der Waals surface area contributed by atoms with Gasteiger partial charge < -0.3 is 4.42 Å². The third kappa shape index (κ3) is 5.47. The summed E-state index contributed by atoms with van der Waals surface area (Å²) in [5, 5.41) is 0.632. The SMILES string of the molecule is CCCCCCCc1cc2ccc(-c3ccc(-c4ccc(CCC)cc4)cc3)c(F)c2c(=O)o1. The number of halogens is 1. The molecule has 4 aromatic rings. The normalized spacial score (nSPS) is 11.3. The lowest BCUT2D eigenvalue weighted by Crippen LogP contribution is -2.05. The Labute approximate surface area is 201 Å². The van der Waals surface area contributed by atoms with Crippen LogP contribution in [0.5, 0.6) is 0 Å². The average Bonchev–Trinajstić information content (AvgIpc) is 2.85. The molecule has 0 fully saturated rings. The van der Waals surface area contributed by atoms with E-state index in [9.17, 15) is 4.79 Å².